The van der Waals surface area contributed by atoms with Gasteiger partial charge in [-0.25, -0.2) is 9.97 Å². The third-order valence-electron chi connectivity index (χ3n) is 2.21. The highest BCUT2D eigenvalue weighted by molar-refractivity contribution is 6.29. The van der Waals surface area contributed by atoms with Crippen molar-refractivity contribution >= 4 is 23.4 Å². The highest BCUT2D eigenvalue weighted by Gasteiger charge is 2.06. The van der Waals surface area contributed by atoms with Crippen LogP contribution in [0.5, 0.6) is 0 Å². The molecule has 0 fully saturated rings. The molecule has 0 bridgehead atoms. The van der Waals surface area contributed by atoms with Crippen LogP contribution in [0.1, 0.15) is 17.3 Å². The Balaban J connectivity index is 2.07. The first-order chi connectivity index (χ1) is 8.04. The molecule has 0 aliphatic rings. The lowest BCUT2D eigenvalue weighted by Crippen LogP contribution is -2.04. The van der Waals surface area contributed by atoms with E-state index in [1.54, 1.807) is 6.07 Å². The predicted molar refractivity (Wildman–Crippen MR) is 64.8 cm³/mol. The molecule has 0 aliphatic carbocycles. The zero-order valence-electron chi connectivity index (χ0n) is 9.49. The van der Waals surface area contributed by atoms with Crippen molar-refractivity contribution in [1.82, 2.24) is 15.0 Å². The van der Waals surface area contributed by atoms with E-state index in [0.717, 1.165) is 11.5 Å². The Hall–Kier alpha value is -1.82. The first-order valence-corrected chi connectivity index (χ1v) is 5.39. The number of anilines is 2. The Morgan fingerprint density at radius 3 is 2.71 bits per heavy atom. The van der Waals surface area contributed by atoms with Crippen molar-refractivity contribution in [3.05, 3.63) is 28.6 Å². The van der Waals surface area contributed by atoms with Gasteiger partial charge >= 0.3 is 0 Å². The molecular weight excluding hydrogens is 242 g/mol. The number of nitrogens with one attached hydrogen (secondary N) is 1. The largest absolute Gasteiger partial charge is 0.444 e. The topological polar surface area (TPSA) is 89.9 Å². The molecule has 0 amide bonds. The molecule has 0 spiro atoms. The minimum Gasteiger partial charge on any atom is -0.444 e. The van der Waals surface area contributed by atoms with Gasteiger partial charge in [0.05, 0.1) is 12.2 Å². The van der Waals surface area contributed by atoms with Crippen LogP contribution < -0.4 is 11.1 Å². The summed E-state index contributed by atoms with van der Waals surface area (Å²) in [6.45, 7) is 4.18. The second-order valence-electron chi connectivity index (χ2n) is 3.54. The molecule has 0 aliphatic heterocycles. The second kappa shape index (κ2) is 4.58. The van der Waals surface area contributed by atoms with Crippen molar-refractivity contribution in [1.29, 1.82) is 0 Å². The normalized spacial score (nSPS) is 10.5. The number of halogens is 1. The van der Waals surface area contributed by atoms with E-state index in [4.69, 9.17) is 21.8 Å². The van der Waals surface area contributed by atoms with Crippen molar-refractivity contribution in [3.8, 4) is 0 Å². The highest BCUT2D eigenvalue weighted by Crippen LogP contribution is 2.14. The number of aryl methyl sites for hydroxylation is 2. The van der Waals surface area contributed by atoms with Crippen LogP contribution in [0.2, 0.25) is 5.15 Å². The van der Waals surface area contributed by atoms with Gasteiger partial charge in [0.25, 0.3) is 0 Å². The Labute approximate surface area is 103 Å². The van der Waals surface area contributed by atoms with Crippen LogP contribution in [0.3, 0.4) is 0 Å². The van der Waals surface area contributed by atoms with Crippen molar-refractivity contribution in [2.75, 3.05) is 11.1 Å². The fourth-order valence-corrected chi connectivity index (χ4v) is 1.50. The molecule has 0 atom stereocenters. The van der Waals surface area contributed by atoms with Crippen molar-refractivity contribution in [2.45, 2.75) is 20.4 Å². The first kappa shape index (κ1) is 11.7. The number of hydrogen-bond donors (Lipinski definition) is 2. The lowest BCUT2D eigenvalue weighted by atomic mass is 10.4. The van der Waals surface area contributed by atoms with Gasteiger partial charge in [0, 0.05) is 6.07 Å². The Morgan fingerprint density at radius 1 is 1.35 bits per heavy atom. The average molecular weight is 254 g/mol. The maximum absolute atomic E-state index is 5.75. The summed E-state index contributed by atoms with van der Waals surface area (Å²) in [6, 6.07) is 1.58. The van der Waals surface area contributed by atoms with Crippen molar-refractivity contribution < 1.29 is 4.42 Å². The summed E-state index contributed by atoms with van der Waals surface area (Å²) >= 11 is 5.75. The number of nitrogens with zero attached hydrogens (tertiary/aromatic N) is 3. The molecule has 2 aromatic rings. The number of oxazole rings is 1. The van der Waals surface area contributed by atoms with Gasteiger partial charge in [-0.1, -0.05) is 11.6 Å². The Bertz CT molecular complexity index is 500. The van der Waals surface area contributed by atoms with Crippen LogP contribution in [0, 0.1) is 13.8 Å². The minimum atomic E-state index is 0.125. The van der Waals surface area contributed by atoms with Crippen LogP contribution in [0.15, 0.2) is 10.5 Å². The van der Waals surface area contributed by atoms with Crippen molar-refractivity contribution in [3.63, 3.8) is 0 Å². The molecule has 90 valence electrons. The van der Waals surface area contributed by atoms with Crippen LogP contribution in [-0.2, 0) is 6.54 Å². The second-order valence-corrected chi connectivity index (χ2v) is 3.92. The summed E-state index contributed by atoms with van der Waals surface area (Å²) in [6.07, 6.45) is 0. The van der Waals surface area contributed by atoms with E-state index in [-0.39, 0.29) is 5.95 Å². The van der Waals surface area contributed by atoms with E-state index in [1.807, 2.05) is 13.8 Å². The molecule has 3 N–H and O–H groups in total. The lowest BCUT2D eigenvalue weighted by Gasteiger charge is -2.03. The molecule has 2 heterocycles. The minimum absolute atomic E-state index is 0.125. The zero-order chi connectivity index (χ0) is 12.4. The van der Waals surface area contributed by atoms with Gasteiger partial charge in [-0.3, -0.25) is 0 Å². The van der Waals surface area contributed by atoms with Gasteiger partial charge in [0.2, 0.25) is 11.8 Å². The lowest BCUT2D eigenvalue weighted by molar-refractivity contribution is 0.478. The molecule has 17 heavy (non-hydrogen) atoms. The van der Waals surface area contributed by atoms with Gasteiger partial charge in [0.1, 0.15) is 16.7 Å². The summed E-state index contributed by atoms with van der Waals surface area (Å²) in [5, 5.41) is 3.30. The molecule has 0 saturated carbocycles. The zero-order valence-corrected chi connectivity index (χ0v) is 10.2. The van der Waals surface area contributed by atoms with Gasteiger partial charge in [-0.15, -0.1) is 0 Å². The fraction of sp³-hybridized carbons (Fsp3) is 0.300. The summed E-state index contributed by atoms with van der Waals surface area (Å²) in [7, 11) is 0. The number of nitrogens with two attached hydrogens (primary N) is 1. The molecular formula is C10H12ClN5O. The van der Waals surface area contributed by atoms with Crippen molar-refractivity contribution in [2.24, 2.45) is 0 Å². The average Bonchev–Trinajstić information content (AvgIpc) is 2.54. The third-order valence-corrected chi connectivity index (χ3v) is 2.40. The smallest absolute Gasteiger partial charge is 0.223 e. The van der Waals surface area contributed by atoms with Crippen LogP contribution in [-0.4, -0.2) is 15.0 Å². The summed E-state index contributed by atoms with van der Waals surface area (Å²) in [4.78, 5) is 12.0. The SMILES string of the molecule is Cc1nc(CNc2cc(Cl)nc(N)n2)oc1C. The maximum Gasteiger partial charge on any atom is 0.223 e. The number of aromatic nitrogens is 3. The molecule has 0 saturated heterocycles. The van der Waals surface area contributed by atoms with E-state index in [0.29, 0.717) is 23.4 Å². The van der Waals surface area contributed by atoms with Gasteiger partial charge < -0.3 is 15.5 Å². The van der Waals surface area contributed by atoms with Gasteiger partial charge in [-0.05, 0) is 13.8 Å². The Morgan fingerprint density at radius 2 is 2.12 bits per heavy atom. The highest BCUT2D eigenvalue weighted by atomic mass is 35.5. The van der Waals surface area contributed by atoms with E-state index in [1.165, 1.54) is 0 Å². The molecule has 0 radical (unpaired) electrons. The predicted octanol–water partition coefficient (Wildman–Crippen LogP) is 1.93. The summed E-state index contributed by atoms with van der Waals surface area (Å²) < 4.78 is 5.42. The third kappa shape index (κ3) is 2.85. The number of hydrogen-bond acceptors (Lipinski definition) is 6. The van der Waals surface area contributed by atoms with E-state index >= 15 is 0 Å². The fourth-order valence-electron chi connectivity index (χ4n) is 1.31. The molecule has 0 unspecified atom stereocenters. The monoisotopic (exact) mass is 253 g/mol. The number of nitrogen functional groups attached to an aromatic ring is 1. The molecule has 6 nitrogen and oxygen atoms in total. The number of rotatable bonds is 3. The molecule has 2 aromatic heterocycles. The first-order valence-electron chi connectivity index (χ1n) is 5.01. The van der Waals surface area contributed by atoms with E-state index in [2.05, 4.69) is 20.3 Å². The van der Waals surface area contributed by atoms with Crippen LogP contribution in [0.4, 0.5) is 11.8 Å². The quantitative estimate of drug-likeness (QED) is 0.813. The maximum atomic E-state index is 5.75. The van der Waals surface area contributed by atoms with E-state index < -0.39 is 0 Å². The van der Waals surface area contributed by atoms with Crippen LogP contribution >= 0.6 is 11.6 Å². The summed E-state index contributed by atoms with van der Waals surface area (Å²) in [5.41, 5.74) is 6.35. The molecule has 0 aromatic carbocycles. The van der Waals surface area contributed by atoms with E-state index in [9.17, 15) is 0 Å². The van der Waals surface area contributed by atoms with Crippen LogP contribution in [0.25, 0.3) is 0 Å². The molecule has 7 heteroatoms. The Kier molecular flexibility index (Phi) is 3.14. The standard InChI is InChI=1S/C10H12ClN5O/c1-5-6(2)17-9(14-5)4-13-8-3-7(11)15-10(12)16-8/h3H,4H2,1-2H3,(H3,12,13,15,16). The van der Waals surface area contributed by atoms with Gasteiger partial charge in [0.15, 0.2) is 0 Å². The summed E-state index contributed by atoms with van der Waals surface area (Å²) in [5.74, 6) is 2.06. The van der Waals surface area contributed by atoms with Gasteiger partial charge in [-0.2, -0.15) is 4.98 Å². The molecule has 2 rings (SSSR count).